The van der Waals surface area contributed by atoms with Crippen molar-refractivity contribution >= 4 is 0 Å². The second-order valence-corrected chi connectivity index (χ2v) is 3.71. The number of hydrogen-bond acceptors (Lipinski definition) is 2. The third-order valence-electron chi connectivity index (χ3n) is 2.37. The number of nitrogens with one attached hydrogen (secondary N) is 1. The van der Waals surface area contributed by atoms with Gasteiger partial charge in [0.2, 0.25) is 0 Å². The third kappa shape index (κ3) is 2.59. The van der Waals surface area contributed by atoms with E-state index in [1.807, 2.05) is 19.1 Å². The first-order chi connectivity index (χ1) is 7.24. The molecule has 0 bridgehead atoms. The van der Waals surface area contributed by atoms with E-state index in [9.17, 15) is 0 Å². The minimum absolute atomic E-state index is 0.314. The van der Waals surface area contributed by atoms with Gasteiger partial charge in [-0.25, -0.2) is 0 Å². The second kappa shape index (κ2) is 4.17. The fraction of sp³-hybridized carbons (Fsp3) is 0.250. The van der Waals surface area contributed by atoms with Crippen molar-refractivity contribution in [1.29, 1.82) is 0 Å². The zero-order valence-electron chi connectivity index (χ0n) is 8.70. The van der Waals surface area contributed by atoms with Gasteiger partial charge in [0.25, 0.3) is 0 Å². The van der Waals surface area contributed by atoms with Crippen molar-refractivity contribution in [3.63, 3.8) is 0 Å². The summed E-state index contributed by atoms with van der Waals surface area (Å²) < 4.78 is 0. The van der Waals surface area contributed by atoms with Gasteiger partial charge in [0, 0.05) is 5.69 Å². The van der Waals surface area contributed by atoms with Crippen molar-refractivity contribution in [2.24, 2.45) is 0 Å². The molecule has 0 unspecified atom stereocenters. The Morgan fingerprint density at radius 1 is 1.20 bits per heavy atom. The van der Waals surface area contributed by atoms with E-state index in [1.54, 1.807) is 12.1 Å². The fourth-order valence-corrected chi connectivity index (χ4v) is 1.54. The summed E-state index contributed by atoms with van der Waals surface area (Å²) in [6.07, 6.45) is 1.87. The van der Waals surface area contributed by atoms with Gasteiger partial charge in [0.1, 0.15) is 5.75 Å². The van der Waals surface area contributed by atoms with Gasteiger partial charge in [-0.2, -0.15) is 5.10 Å². The lowest BCUT2D eigenvalue weighted by molar-refractivity contribution is 0.475. The zero-order valence-corrected chi connectivity index (χ0v) is 8.70. The Morgan fingerprint density at radius 2 is 1.93 bits per heavy atom. The van der Waals surface area contributed by atoms with Crippen molar-refractivity contribution in [3.05, 3.63) is 47.3 Å². The number of phenols is 1. The number of aryl methyl sites for hydroxylation is 3. The SMILES string of the molecule is Cc1cc(CCc2ccc(O)cc2)n[nH]1. The summed E-state index contributed by atoms with van der Waals surface area (Å²) in [6, 6.07) is 9.36. The first kappa shape index (κ1) is 9.77. The highest BCUT2D eigenvalue weighted by atomic mass is 16.3. The van der Waals surface area contributed by atoms with Crippen LogP contribution in [0.3, 0.4) is 0 Å². The van der Waals surface area contributed by atoms with E-state index in [0.29, 0.717) is 5.75 Å². The number of aromatic nitrogens is 2. The summed E-state index contributed by atoms with van der Waals surface area (Å²) in [7, 11) is 0. The predicted molar refractivity (Wildman–Crippen MR) is 58.8 cm³/mol. The van der Waals surface area contributed by atoms with Gasteiger partial charge in [-0.05, 0) is 43.5 Å². The molecule has 0 amide bonds. The Balaban J connectivity index is 1.96. The number of phenolic OH excluding ortho intramolecular Hbond substituents is 1. The van der Waals surface area contributed by atoms with Crippen LogP contribution >= 0.6 is 0 Å². The lowest BCUT2D eigenvalue weighted by Crippen LogP contribution is -1.91. The van der Waals surface area contributed by atoms with Gasteiger partial charge in [0.05, 0.1) is 5.69 Å². The molecule has 1 aromatic carbocycles. The van der Waals surface area contributed by atoms with E-state index in [0.717, 1.165) is 24.2 Å². The molecule has 0 aliphatic heterocycles. The van der Waals surface area contributed by atoms with E-state index >= 15 is 0 Å². The molecule has 2 aromatic rings. The molecule has 0 atom stereocenters. The maximum atomic E-state index is 9.13. The molecule has 1 heterocycles. The van der Waals surface area contributed by atoms with E-state index in [1.165, 1.54) is 5.56 Å². The van der Waals surface area contributed by atoms with Gasteiger partial charge in [-0.1, -0.05) is 12.1 Å². The van der Waals surface area contributed by atoms with Crippen LogP contribution in [0.2, 0.25) is 0 Å². The summed E-state index contributed by atoms with van der Waals surface area (Å²) in [4.78, 5) is 0. The van der Waals surface area contributed by atoms with Crippen LogP contribution in [0, 0.1) is 6.92 Å². The Kier molecular flexibility index (Phi) is 2.72. The summed E-state index contributed by atoms with van der Waals surface area (Å²) >= 11 is 0. The van der Waals surface area contributed by atoms with Gasteiger partial charge < -0.3 is 5.11 Å². The Hall–Kier alpha value is -1.77. The van der Waals surface area contributed by atoms with Crippen molar-refractivity contribution in [3.8, 4) is 5.75 Å². The van der Waals surface area contributed by atoms with Gasteiger partial charge >= 0.3 is 0 Å². The summed E-state index contributed by atoms with van der Waals surface area (Å²) in [5, 5.41) is 16.2. The molecule has 3 heteroatoms. The number of benzene rings is 1. The highest BCUT2D eigenvalue weighted by Crippen LogP contribution is 2.11. The molecule has 0 saturated carbocycles. The molecule has 3 nitrogen and oxygen atoms in total. The van der Waals surface area contributed by atoms with Gasteiger partial charge in [0.15, 0.2) is 0 Å². The Morgan fingerprint density at radius 3 is 2.53 bits per heavy atom. The van der Waals surface area contributed by atoms with Crippen molar-refractivity contribution < 1.29 is 5.11 Å². The van der Waals surface area contributed by atoms with Crippen molar-refractivity contribution in [1.82, 2.24) is 10.2 Å². The quantitative estimate of drug-likeness (QED) is 0.801. The third-order valence-corrected chi connectivity index (χ3v) is 2.37. The molecule has 2 N–H and O–H groups in total. The average Bonchev–Trinajstić information content (AvgIpc) is 2.64. The molecule has 0 fully saturated rings. The summed E-state index contributed by atoms with van der Waals surface area (Å²) in [5.74, 6) is 0.314. The number of aromatic amines is 1. The van der Waals surface area contributed by atoms with Crippen LogP contribution in [0.5, 0.6) is 5.75 Å². The molecule has 0 aliphatic carbocycles. The van der Waals surface area contributed by atoms with Crippen LogP contribution in [0.1, 0.15) is 17.0 Å². The lowest BCUT2D eigenvalue weighted by Gasteiger charge is -1.99. The number of rotatable bonds is 3. The number of hydrogen-bond donors (Lipinski definition) is 2. The smallest absolute Gasteiger partial charge is 0.115 e. The number of aromatic hydroxyl groups is 1. The second-order valence-electron chi connectivity index (χ2n) is 3.71. The monoisotopic (exact) mass is 202 g/mol. The highest BCUT2D eigenvalue weighted by Gasteiger charge is 1.99. The Labute approximate surface area is 88.8 Å². The molecule has 15 heavy (non-hydrogen) atoms. The molecule has 0 saturated heterocycles. The minimum atomic E-state index is 0.314. The van der Waals surface area contributed by atoms with Crippen LogP contribution in [0.25, 0.3) is 0 Å². The van der Waals surface area contributed by atoms with Crippen molar-refractivity contribution in [2.45, 2.75) is 19.8 Å². The Bertz CT molecular complexity index is 431. The van der Waals surface area contributed by atoms with E-state index < -0.39 is 0 Å². The topological polar surface area (TPSA) is 48.9 Å². The first-order valence-electron chi connectivity index (χ1n) is 5.03. The molecule has 0 aliphatic rings. The van der Waals surface area contributed by atoms with Crippen molar-refractivity contribution in [2.75, 3.05) is 0 Å². The number of H-pyrrole nitrogens is 1. The highest BCUT2D eigenvalue weighted by molar-refractivity contribution is 5.26. The standard InChI is InChI=1S/C12H14N2O/c1-9-8-11(14-13-9)5-2-10-3-6-12(15)7-4-10/h3-4,6-8,15H,2,5H2,1H3,(H,13,14). The minimum Gasteiger partial charge on any atom is -0.508 e. The normalized spacial score (nSPS) is 10.5. The van der Waals surface area contributed by atoms with Crippen LogP contribution in [0.15, 0.2) is 30.3 Å². The average molecular weight is 202 g/mol. The molecule has 2 rings (SSSR count). The maximum Gasteiger partial charge on any atom is 0.115 e. The molecular formula is C12H14N2O. The first-order valence-corrected chi connectivity index (χ1v) is 5.03. The molecular weight excluding hydrogens is 188 g/mol. The van der Waals surface area contributed by atoms with Crippen LogP contribution in [-0.2, 0) is 12.8 Å². The van der Waals surface area contributed by atoms with Gasteiger partial charge in [-0.15, -0.1) is 0 Å². The van der Waals surface area contributed by atoms with E-state index in [4.69, 9.17) is 5.11 Å². The summed E-state index contributed by atoms with van der Waals surface area (Å²) in [6.45, 7) is 2.00. The molecule has 0 radical (unpaired) electrons. The fourth-order valence-electron chi connectivity index (χ4n) is 1.54. The van der Waals surface area contributed by atoms with Crippen LogP contribution < -0.4 is 0 Å². The largest absolute Gasteiger partial charge is 0.508 e. The zero-order chi connectivity index (χ0) is 10.7. The maximum absolute atomic E-state index is 9.13. The van der Waals surface area contributed by atoms with Crippen LogP contribution in [-0.4, -0.2) is 15.3 Å². The molecule has 1 aromatic heterocycles. The van der Waals surface area contributed by atoms with E-state index in [-0.39, 0.29) is 0 Å². The summed E-state index contributed by atoms with van der Waals surface area (Å²) in [5.41, 5.74) is 3.39. The van der Waals surface area contributed by atoms with Gasteiger partial charge in [-0.3, -0.25) is 5.10 Å². The van der Waals surface area contributed by atoms with E-state index in [2.05, 4.69) is 16.3 Å². The molecule has 78 valence electrons. The lowest BCUT2D eigenvalue weighted by atomic mass is 10.1. The van der Waals surface area contributed by atoms with Crippen LogP contribution in [0.4, 0.5) is 0 Å². The predicted octanol–water partition coefficient (Wildman–Crippen LogP) is 2.21. The molecule has 0 spiro atoms. The number of nitrogens with zero attached hydrogens (tertiary/aromatic N) is 1.